The number of carbonyl (C=O) groups is 1. The number of ether oxygens (including phenoxy) is 1. The summed E-state index contributed by atoms with van der Waals surface area (Å²) in [6, 6.07) is 0. The van der Waals surface area contributed by atoms with E-state index in [1.165, 1.54) is 0 Å². The van der Waals surface area contributed by atoms with E-state index in [1.807, 2.05) is 6.92 Å². The van der Waals surface area contributed by atoms with Crippen molar-refractivity contribution in [2.75, 3.05) is 5.75 Å². The summed E-state index contributed by atoms with van der Waals surface area (Å²) in [7, 11) is -3.99. The highest BCUT2D eigenvalue weighted by Gasteiger charge is 2.28. The molecule has 0 aliphatic rings. The average molecular weight is 252 g/mol. The van der Waals surface area contributed by atoms with Crippen LogP contribution < -0.4 is 0 Å². The number of hydrogen-bond acceptors (Lipinski definition) is 4. The van der Waals surface area contributed by atoms with E-state index in [9.17, 15) is 13.2 Å². The highest BCUT2D eigenvalue weighted by atomic mass is 32.2. The van der Waals surface area contributed by atoms with Gasteiger partial charge in [0.1, 0.15) is 6.10 Å². The first kappa shape index (κ1) is 15.4. The molecule has 0 aliphatic carbocycles. The first-order valence-electron chi connectivity index (χ1n) is 5.24. The zero-order chi connectivity index (χ0) is 13.0. The Bertz CT molecular complexity index is 331. The number of esters is 1. The molecule has 0 amide bonds. The number of carbonyl (C=O) groups excluding carboxylic acids is 1. The lowest BCUT2D eigenvalue weighted by Gasteiger charge is -2.23. The summed E-state index contributed by atoms with van der Waals surface area (Å²) < 4.78 is 34.6. The van der Waals surface area contributed by atoms with Crippen LogP contribution in [0.4, 0.5) is 0 Å². The molecule has 5 nitrogen and oxygen atoms in total. The van der Waals surface area contributed by atoms with E-state index in [1.54, 1.807) is 20.8 Å². The van der Waals surface area contributed by atoms with Crippen molar-refractivity contribution >= 4 is 16.1 Å². The molecular weight excluding hydrogens is 232 g/mol. The maximum absolute atomic E-state index is 11.6. The van der Waals surface area contributed by atoms with Crippen LogP contribution in [0.3, 0.4) is 0 Å². The molecule has 6 heteroatoms. The zero-order valence-electron chi connectivity index (χ0n) is 10.2. The molecule has 0 spiro atoms. The lowest BCUT2D eigenvalue weighted by atomic mass is 9.90. The molecular formula is C10H20O5S. The lowest BCUT2D eigenvalue weighted by Crippen LogP contribution is -2.29. The van der Waals surface area contributed by atoms with Crippen LogP contribution in [0.5, 0.6) is 0 Å². The van der Waals surface area contributed by atoms with Crippen LogP contribution in [0.2, 0.25) is 0 Å². The van der Waals surface area contributed by atoms with Crippen molar-refractivity contribution < 1.29 is 22.5 Å². The normalized spacial score (nSPS) is 14.6. The van der Waals surface area contributed by atoms with Crippen molar-refractivity contribution in [3.05, 3.63) is 0 Å². The van der Waals surface area contributed by atoms with E-state index in [4.69, 9.17) is 9.29 Å². The van der Waals surface area contributed by atoms with E-state index in [0.29, 0.717) is 6.42 Å². The van der Waals surface area contributed by atoms with Gasteiger partial charge in [-0.05, 0) is 27.2 Å². The van der Waals surface area contributed by atoms with Crippen LogP contribution in [-0.4, -0.2) is 30.8 Å². The zero-order valence-corrected chi connectivity index (χ0v) is 11.0. The van der Waals surface area contributed by atoms with Gasteiger partial charge in [-0.1, -0.05) is 6.92 Å². The molecule has 0 aliphatic heterocycles. The second-order valence-electron chi connectivity index (χ2n) is 4.53. The van der Waals surface area contributed by atoms with Gasteiger partial charge in [-0.15, -0.1) is 0 Å². The average Bonchev–Trinajstić information content (AvgIpc) is 2.13. The van der Waals surface area contributed by atoms with Crippen molar-refractivity contribution in [3.63, 3.8) is 0 Å². The molecule has 0 fully saturated rings. The SMILES string of the molecule is CCC(C)(C)C(=O)OC(C)CCS(=O)(=O)O. The summed E-state index contributed by atoms with van der Waals surface area (Å²) in [4.78, 5) is 11.6. The largest absolute Gasteiger partial charge is 0.462 e. The van der Waals surface area contributed by atoms with E-state index >= 15 is 0 Å². The first-order valence-corrected chi connectivity index (χ1v) is 6.85. The molecule has 0 saturated heterocycles. The first-order chi connectivity index (χ1) is 7.08. The van der Waals surface area contributed by atoms with E-state index in [0.717, 1.165) is 0 Å². The predicted octanol–water partition coefficient (Wildman–Crippen LogP) is 1.63. The van der Waals surface area contributed by atoms with Crippen molar-refractivity contribution in [1.82, 2.24) is 0 Å². The van der Waals surface area contributed by atoms with Crippen molar-refractivity contribution in [2.24, 2.45) is 5.41 Å². The highest BCUT2D eigenvalue weighted by Crippen LogP contribution is 2.22. The molecule has 1 atom stereocenters. The number of rotatable bonds is 6. The van der Waals surface area contributed by atoms with Gasteiger partial charge in [0, 0.05) is 6.42 Å². The minimum Gasteiger partial charge on any atom is -0.462 e. The molecule has 0 saturated carbocycles. The Hall–Kier alpha value is -0.620. The van der Waals surface area contributed by atoms with Gasteiger partial charge < -0.3 is 4.74 Å². The Morgan fingerprint density at radius 3 is 2.31 bits per heavy atom. The molecule has 0 rings (SSSR count). The van der Waals surface area contributed by atoms with Gasteiger partial charge >= 0.3 is 5.97 Å². The fraction of sp³-hybridized carbons (Fsp3) is 0.900. The van der Waals surface area contributed by atoms with Gasteiger partial charge in [-0.3, -0.25) is 9.35 Å². The standard InChI is InChI=1S/C10H20O5S/c1-5-10(3,4)9(11)15-8(2)6-7-16(12,13)14/h8H,5-7H2,1-4H3,(H,12,13,14). The Balaban J connectivity index is 4.16. The second-order valence-corrected chi connectivity index (χ2v) is 6.10. The summed E-state index contributed by atoms with van der Waals surface area (Å²) in [5.41, 5.74) is -0.563. The predicted molar refractivity (Wildman–Crippen MR) is 60.7 cm³/mol. The summed E-state index contributed by atoms with van der Waals surface area (Å²) >= 11 is 0. The Kier molecular flexibility index (Phi) is 5.41. The highest BCUT2D eigenvalue weighted by molar-refractivity contribution is 7.85. The Morgan fingerprint density at radius 2 is 1.94 bits per heavy atom. The molecule has 0 aromatic heterocycles. The molecule has 0 heterocycles. The molecule has 96 valence electrons. The van der Waals surface area contributed by atoms with Gasteiger partial charge in [0.2, 0.25) is 0 Å². The monoisotopic (exact) mass is 252 g/mol. The van der Waals surface area contributed by atoms with Gasteiger partial charge in [0.25, 0.3) is 10.1 Å². The molecule has 0 bridgehead atoms. The van der Waals surface area contributed by atoms with Crippen molar-refractivity contribution in [1.29, 1.82) is 0 Å². The van der Waals surface area contributed by atoms with E-state index in [2.05, 4.69) is 0 Å². The van der Waals surface area contributed by atoms with Crippen LogP contribution in [0.1, 0.15) is 40.5 Å². The fourth-order valence-corrected chi connectivity index (χ4v) is 1.49. The summed E-state index contributed by atoms with van der Waals surface area (Å²) in [6.45, 7) is 7.02. The maximum atomic E-state index is 11.6. The molecule has 16 heavy (non-hydrogen) atoms. The van der Waals surface area contributed by atoms with Crippen molar-refractivity contribution in [3.8, 4) is 0 Å². The van der Waals surface area contributed by atoms with Gasteiger partial charge in [0.15, 0.2) is 0 Å². The molecule has 0 radical (unpaired) electrons. The summed E-state index contributed by atoms with van der Waals surface area (Å²) in [5, 5.41) is 0. The fourth-order valence-electron chi connectivity index (χ4n) is 0.860. The third-order valence-electron chi connectivity index (χ3n) is 2.53. The lowest BCUT2D eigenvalue weighted by molar-refractivity contribution is -0.159. The minimum atomic E-state index is -3.99. The summed E-state index contributed by atoms with van der Waals surface area (Å²) in [6.07, 6.45) is 0.238. The molecule has 1 N–H and O–H groups in total. The van der Waals surface area contributed by atoms with Crippen LogP contribution >= 0.6 is 0 Å². The van der Waals surface area contributed by atoms with Gasteiger partial charge in [0.05, 0.1) is 11.2 Å². The topological polar surface area (TPSA) is 80.7 Å². The quantitative estimate of drug-likeness (QED) is 0.574. The minimum absolute atomic E-state index is 0.102. The maximum Gasteiger partial charge on any atom is 0.311 e. The van der Waals surface area contributed by atoms with Crippen LogP contribution in [-0.2, 0) is 19.6 Å². The molecule has 0 aromatic carbocycles. The van der Waals surface area contributed by atoms with Gasteiger partial charge in [-0.2, -0.15) is 8.42 Å². The third kappa shape index (κ3) is 6.07. The molecule has 0 aromatic rings. The van der Waals surface area contributed by atoms with E-state index < -0.39 is 27.4 Å². The van der Waals surface area contributed by atoms with Crippen molar-refractivity contribution in [2.45, 2.75) is 46.6 Å². The Morgan fingerprint density at radius 1 is 1.44 bits per heavy atom. The van der Waals surface area contributed by atoms with Gasteiger partial charge in [-0.25, -0.2) is 0 Å². The smallest absolute Gasteiger partial charge is 0.311 e. The third-order valence-corrected chi connectivity index (χ3v) is 3.28. The molecule has 1 unspecified atom stereocenters. The number of hydrogen-bond donors (Lipinski definition) is 1. The van der Waals surface area contributed by atoms with Crippen LogP contribution in [0.15, 0.2) is 0 Å². The Labute approximate surface area is 96.9 Å². The second kappa shape index (κ2) is 5.63. The van der Waals surface area contributed by atoms with Crippen LogP contribution in [0, 0.1) is 5.41 Å². The summed E-state index contributed by atoms with van der Waals surface area (Å²) in [5.74, 6) is -0.744. The van der Waals surface area contributed by atoms with Crippen LogP contribution in [0.25, 0.3) is 0 Å². The van der Waals surface area contributed by atoms with E-state index in [-0.39, 0.29) is 12.4 Å².